The van der Waals surface area contributed by atoms with Crippen molar-refractivity contribution < 1.29 is 4.74 Å². The topological polar surface area (TPSA) is 48.9 Å². The summed E-state index contributed by atoms with van der Waals surface area (Å²) in [5, 5.41) is 7.30. The Morgan fingerprint density at radius 1 is 1.07 bits per heavy atom. The first-order valence-electron chi connectivity index (χ1n) is 11.7. The Morgan fingerprint density at radius 3 is 2.63 bits per heavy atom. The third kappa shape index (κ3) is 6.33. The van der Waals surface area contributed by atoms with Crippen LogP contribution in [0.25, 0.3) is 0 Å². The molecule has 30 heavy (non-hydrogen) atoms. The number of nitrogens with one attached hydrogen (secondary N) is 2. The minimum absolute atomic E-state index is 0. The zero-order valence-corrected chi connectivity index (χ0v) is 20.7. The third-order valence-electron chi connectivity index (χ3n) is 6.98. The molecule has 5 nitrogen and oxygen atoms in total. The van der Waals surface area contributed by atoms with Gasteiger partial charge < -0.3 is 15.4 Å². The van der Waals surface area contributed by atoms with Gasteiger partial charge in [-0.15, -0.1) is 24.0 Å². The molecule has 1 saturated carbocycles. The number of nitrogens with zero attached hydrogens (tertiary/aromatic N) is 2. The molecule has 0 spiro atoms. The van der Waals surface area contributed by atoms with Gasteiger partial charge in [-0.1, -0.05) is 49.6 Å². The van der Waals surface area contributed by atoms with Gasteiger partial charge >= 0.3 is 0 Å². The second-order valence-corrected chi connectivity index (χ2v) is 8.97. The lowest BCUT2D eigenvalue weighted by atomic mass is 9.92. The molecule has 3 unspecified atom stereocenters. The summed E-state index contributed by atoms with van der Waals surface area (Å²) in [6.45, 7) is 4.17. The van der Waals surface area contributed by atoms with Gasteiger partial charge in [-0.2, -0.15) is 0 Å². The molecule has 0 radical (unpaired) electrons. The van der Waals surface area contributed by atoms with Gasteiger partial charge in [0.15, 0.2) is 5.96 Å². The van der Waals surface area contributed by atoms with E-state index in [0.29, 0.717) is 12.0 Å². The van der Waals surface area contributed by atoms with Crippen LogP contribution < -0.4 is 10.6 Å². The van der Waals surface area contributed by atoms with E-state index in [4.69, 9.17) is 4.74 Å². The molecule has 168 valence electrons. The molecule has 2 aliphatic heterocycles. The van der Waals surface area contributed by atoms with Crippen molar-refractivity contribution in [2.24, 2.45) is 10.9 Å². The van der Waals surface area contributed by atoms with Crippen LogP contribution in [-0.4, -0.2) is 56.2 Å². The predicted molar refractivity (Wildman–Crippen MR) is 135 cm³/mol. The quantitative estimate of drug-likeness (QED) is 0.341. The minimum Gasteiger partial charge on any atom is -0.373 e. The molecule has 6 heteroatoms. The van der Waals surface area contributed by atoms with Crippen molar-refractivity contribution in [3.63, 3.8) is 0 Å². The number of benzene rings is 1. The highest BCUT2D eigenvalue weighted by molar-refractivity contribution is 14.0. The molecule has 1 aliphatic carbocycles. The van der Waals surface area contributed by atoms with Gasteiger partial charge in [0.2, 0.25) is 0 Å². The molecule has 2 heterocycles. The number of likely N-dealkylation sites (tertiary alicyclic amines) is 1. The summed E-state index contributed by atoms with van der Waals surface area (Å²) in [6.07, 6.45) is 10.9. The molecule has 0 amide bonds. The maximum absolute atomic E-state index is 6.04. The molecule has 3 aliphatic rings. The number of hydrogen-bond donors (Lipinski definition) is 2. The Bertz CT molecular complexity index is 650. The summed E-state index contributed by atoms with van der Waals surface area (Å²) < 4.78 is 6.04. The van der Waals surface area contributed by atoms with Gasteiger partial charge in [0, 0.05) is 44.7 Å². The van der Waals surface area contributed by atoms with Gasteiger partial charge in [-0.25, -0.2) is 0 Å². The second-order valence-electron chi connectivity index (χ2n) is 8.97. The smallest absolute Gasteiger partial charge is 0.191 e. The number of hydrogen-bond acceptors (Lipinski definition) is 3. The van der Waals surface area contributed by atoms with Crippen molar-refractivity contribution in [3.05, 3.63) is 35.9 Å². The zero-order valence-electron chi connectivity index (χ0n) is 18.4. The van der Waals surface area contributed by atoms with Crippen LogP contribution in [0, 0.1) is 5.92 Å². The Balaban J connectivity index is 0.00000256. The van der Waals surface area contributed by atoms with Crippen LogP contribution in [0.15, 0.2) is 35.3 Å². The van der Waals surface area contributed by atoms with Crippen molar-refractivity contribution in [2.75, 3.05) is 33.3 Å². The summed E-state index contributed by atoms with van der Waals surface area (Å²) in [5.74, 6) is 1.43. The zero-order chi connectivity index (χ0) is 19.9. The van der Waals surface area contributed by atoms with Gasteiger partial charge in [-0.3, -0.25) is 9.89 Å². The molecular weight excluding hydrogens is 487 g/mol. The summed E-state index contributed by atoms with van der Waals surface area (Å²) in [5.41, 5.74) is 1.29. The van der Waals surface area contributed by atoms with E-state index >= 15 is 0 Å². The number of aliphatic imine (C=N–C) groups is 1. The minimum atomic E-state index is 0. The normalized spacial score (nSPS) is 28.7. The summed E-state index contributed by atoms with van der Waals surface area (Å²) in [7, 11) is 1.89. The molecule has 0 aromatic heterocycles. The standard InChI is InChI=1S/C24H38N4O.HI/c1-25-24(26-17-20-14-16-29-23(20)19-9-4-2-5-10-19)27-21-11-8-15-28(18-21)22-12-6-3-7-13-22;/h2,4-5,9-10,20-23H,3,6-8,11-18H2,1H3,(H2,25,26,27);1H. The summed E-state index contributed by atoms with van der Waals surface area (Å²) in [6, 6.07) is 11.9. The van der Waals surface area contributed by atoms with Crippen LogP contribution >= 0.6 is 24.0 Å². The number of piperidine rings is 1. The van der Waals surface area contributed by atoms with E-state index in [1.165, 1.54) is 57.1 Å². The SMILES string of the molecule is CN=C(NCC1CCOC1c1ccccc1)NC1CCCN(C2CCCCC2)C1.I. The van der Waals surface area contributed by atoms with Gasteiger partial charge in [-0.05, 0) is 44.2 Å². The van der Waals surface area contributed by atoms with E-state index in [1.807, 2.05) is 7.05 Å². The molecule has 2 saturated heterocycles. The van der Waals surface area contributed by atoms with Gasteiger partial charge in [0.1, 0.15) is 0 Å². The van der Waals surface area contributed by atoms with E-state index in [2.05, 4.69) is 50.9 Å². The molecule has 3 atom stereocenters. The largest absolute Gasteiger partial charge is 0.373 e. The first-order chi connectivity index (χ1) is 14.3. The lowest BCUT2D eigenvalue weighted by Crippen LogP contribution is -2.54. The van der Waals surface area contributed by atoms with E-state index in [-0.39, 0.29) is 30.1 Å². The van der Waals surface area contributed by atoms with Crippen LogP contribution in [-0.2, 0) is 4.74 Å². The lowest BCUT2D eigenvalue weighted by Gasteiger charge is -2.40. The van der Waals surface area contributed by atoms with Crippen molar-refractivity contribution in [1.82, 2.24) is 15.5 Å². The van der Waals surface area contributed by atoms with Crippen molar-refractivity contribution in [3.8, 4) is 0 Å². The number of guanidine groups is 1. The summed E-state index contributed by atoms with van der Waals surface area (Å²) >= 11 is 0. The van der Waals surface area contributed by atoms with Gasteiger partial charge in [0.05, 0.1) is 6.10 Å². The van der Waals surface area contributed by atoms with Crippen molar-refractivity contribution >= 4 is 29.9 Å². The van der Waals surface area contributed by atoms with E-state index in [1.54, 1.807) is 0 Å². The maximum atomic E-state index is 6.04. The Hall–Kier alpha value is -0.860. The molecule has 0 bridgehead atoms. The molecule has 1 aromatic rings. The van der Waals surface area contributed by atoms with E-state index in [9.17, 15) is 0 Å². The summed E-state index contributed by atoms with van der Waals surface area (Å²) in [4.78, 5) is 7.25. The van der Waals surface area contributed by atoms with Crippen LogP contribution in [0.2, 0.25) is 0 Å². The average molecular weight is 527 g/mol. The van der Waals surface area contributed by atoms with Crippen LogP contribution in [0.4, 0.5) is 0 Å². The lowest BCUT2D eigenvalue weighted by molar-refractivity contribution is 0.0914. The maximum Gasteiger partial charge on any atom is 0.191 e. The first kappa shape index (κ1) is 23.8. The van der Waals surface area contributed by atoms with Gasteiger partial charge in [0.25, 0.3) is 0 Å². The van der Waals surface area contributed by atoms with Crippen LogP contribution in [0.5, 0.6) is 0 Å². The molecule has 3 fully saturated rings. The van der Waals surface area contributed by atoms with Crippen LogP contribution in [0.1, 0.15) is 63.0 Å². The van der Waals surface area contributed by atoms with Crippen molar-refractivity contribution in [2.45, 2.75) is 69.6 Å². The Morgan fingerprint density at radius 2 is 1.87 bits per heavy atom. The monoisotopic (exact) mass is 526 g/mol. The highest BCUT2D eigenvalue weighted by Crippen LogP contribution is 2.33. The fourth-order valence-electron chi connectivity index (χ4n) is 5.37. The number of halogens is 1. The molecule has 2 N–H and O–H groups in total. The van der Waals surface area contributed by atoms with Crippen LogP contribution in [0.3, 0.4) is 0 Å². The highest BCUT2D eigenvalue weighted by atomic mass is 127. The first-order valence-corrected chi connectivity index (χ1v) is 11.7. The second kappa shape index (κ2) is 12.2. The molecular formula is C24H39IN4O. The molecule has 1 aromatic carbocycles. The van der Waals surface area contributed by atoms with E-state index < -0.39 is 0 Å². The predicted octanol–water partition coefficient (Wildman–Crippen LogP) is 4.34. The number of rotatable bonds is 5. The molecule has 4 rings (SSSR count). The fourth-order valence-corrected chi connectivity index (χ4v) is 5.37. The van der Waals surface area contributed by atoms with Crippen molar-refractivity contribution in [1.29, 1.82) is 0 Å². The Labute approximate surface area is 199 Å². The Kier molecular flexibility index (Phi) is 9.71. The number of ether oxygens (including phenoxy) is 1. The fraction of sp³-hybridized carbons (Fsp3) is 0.708. The third-order valence-corrected chi connectivity index (χ3v) is 6.98. The highest BCUT2D eigenvalue weighted by Gasteiger charge is 2.30. The van der Waals surface area contributed by atoms with E-state index in [0.717, 1.165) is 38.1 Å². The average Bonchev–Trinajstić information content (AvgIpc) is 3.27.